The van der Waals surface area contributed by atoms with Gasteiger partial charge in [-0.3, -0.25) is 10.0 Å². The zero-order valence-electron chi connectivity index (χ0n) is 14.9. The molecule has 2 N–H and O–H groups in total. The lowest BCUT2D eigenvalue weighted by Crippen LogP contribution is -2.15. The minimum atomic E-state index is -0.569. The second kappa shape index (κ2) is 10.8. The number of amides is 1. The summed E-state index contributed by atoms with van der Waals surface area (Å²) in [6, 6.07) is 7.80. The molecule has 1 unspecified atom stereocenters. The number of carbonyl (C=O) groups is 1. The van der Waals surface area contributed by atoms with Gasteiger partial charge in [-0.15, -0.1) is 0 Å². The number of nitrogens with one attached hydrogen (secondary N) is 1. The highest BCUT2D eigenvalue weighted by Gasteiger charge is 2.03. The third-order valence-corrected chi connectivity index (χ3v) is 3.30. The topological polar surface area (TPSA) is 58.6 Å². The molecule has 25 heavy (non-hydrogen) atoms. The van der Waals surface area contributed by atoms with Crippen molar-refractivity contribution in [3.05, 3.63) is 84.5 Å². The van der Waals surface area contributed by atoms with Crippen molar-refractivity contribution >= 4 is 11.5 Å². The van der Waals surface area contributed by atoms with Crippen LogP contribution in [-0.2, 0) is 4.79 Å². The van der Waals surface area contributed by atoms with Crippen LogP contribution in [0.15, 0.2) is 78.9 Å². The first kappa shape index (κ1) is 20.2. The highest BCUT2D eigenvalue weighted by molar-refractivity contribution is 5.86. The molecule has 0 fully saturated rings. The highest BCUT2D eigenvalue weighted by atomic mass is 16.5. The van der Waals surface area contributed by atoms with Gasteiger partial charge >= 0.3 is 0 Å². The molecule has 0 spiro atoms. The Hall–Kier alpha value is -2.85. The SMILES string of the molecule is C=C/C(=C\C=C/C)c1ccc(OC(C)/C=C(C)/C=C/C(=O)NO)cc1. The van der Waals surface area contributed by atoms with E-state index >= 15 is 0 Å². The van der Waals surface area contributed by atoms with Gasteiger partial charge < -0.3 is 4.74 Å². The van der Waals surface area contributed by atoms with E-state index in [0.717, 1.165) is 22.5 Å². The van der Waals surface area contributed by atoms with E-state index in [0.29, 0.717) is 0 Å². The molecule has 0 saturated carbocycles. The molecule has 0 saturated heterocycles. The van der Waals surface area contributed by atoms with Gasteiger partial charge in [0.2, 0.25) is 0 Å². The van der Waals surface area contributed by atoms with Crippen LogP contribution in [-0.4, -0.2) is 17.2 Å². The molecule has 4 nitrogen and oxygen atoms in total. The lowest BCUT2D eigenvalue weighted by Gasteiger charge is -2.12. The summed E-state index contributed by atoms with van der Waals surface area (Å²) in [7, 11) is 0. The standard InChI is InChI=1S/C21H25NO3/c1-5-7-8-18(6-2)19-10-12-20(13-11-19)25-17(4)15-16(3)9-14-21(23)22-24/h5-15,17,24H,2H2,1,3-4H3,(H,22,23)/b7-5-,14-9+,16-15+,18-8+. The fraction of sp³-hybridized carbons (Fsp3) is 0.190. The quantitative estimate of drug-likeness (QED) is 0.315. The molecule has 0 bridgehead atoms. The van der Waals surface area contributed by atoms with Gasteiger partial charge in [-0.1, -0.05) is 54.7 Å². The number of allylic oxidation sites excluding steroid dienone is 7. The Kier molecular flexibility index (Phi) is 8.75. The van der Waals surface area contributed by atoms with Gasteiger partial charge in [0.05, 0.1) is 0 Å². The van der Waals surface area contributed by atoms with E-state index in [1.807, 2.05) is 75.4 Å². The number of hydrogen-bond acceptors (Lipinski definition) is 3. The van der Waals surface area contributed by atoms with Crippen molar-refractivity contribution in [3.63, 3.8) is 0 Å². The van der Waals surface area contributed by atoms with Crippen LogP contribution in [0.1, 0.15) is 26.3 Å². The number of hydroxylamine groups is 1. The maximum absolute atomic E-state index is 10.9. The lowest BCUT2D eigenvalue weighted by molar-refractivity contribution is -0.124. The first-order valence-corrected chi connectivity index (χ1v) is 8.03. The summed E-state index contributed by atoms with van der Waals surface area (Å²) in [4.78, 5) is 10.9. The average Bonchev–Trinajstić information content (AvgIpc) is 2.61. The smallest absolute Gasteiger partial charge is 0.267 e. The zero-order valence-corrected chi connectivity index (χ0v) is 14.9. The van der Waals surface area contributed by atoms with Crippen molar-refractivity contribution in [3.8, 4) is 5.75 Å². The zero-order chi connectivity index (χ0) is 18.7. The van der Waals surface area contributed by atoms with Crippen molar-refractivity contribution in [1.82, 2.24) is 5.48 Å². The van der Waals surface area contributed by atoms with Crippen molar-refractivity contribution in [2.24, 2.45) is 0 Å². The minimum Gasteiger partial charge on any atom is -0.487 e. The maximum Gasteiger partial charge on any atom is 0.267 e. The van der Waals surface area contributed by atoms with Gasteiger partial charge in [0.25, 0.3) is 5.91 Å². The number of carbonyl (C=O) groups excluding carboxylic acids is 1. The molecule has 0 aliphatic heterocycles. The van der Waals surface area contributed by atoms with E-state index in [1.165, 1.54) is 6.08 Å². The van der Waals surface area contributed by atoms with E-state index in [4.69, 9.17) is 9.94 Å². The Morgan fingerprint density at radius 3 is 2.52 bits per heavy atom. The van der Waals surface area contributed by atoms with Crippen molar-refractivity contribution in [2.45, 2.75) is 26.9 Å². The van der Waals surface area contributed by atoms with Crippen LogP contribution in [0.25, 0.3) is 5.57 Å². The third-order valence-electron chi connectivity index (χ3n) is 3.30. The summed E-state index contributed by atoms with van der Waals surface area (Å²) in [6.45, 7) is 9.58. The summed E-state index contributed by atoms with van der Waals surface area (Å²) in [5, 5.41) is 8.44. The summed E-state index contributed by atoms with van der Waals surface area (Å²) in [5.41, 5.74) is 4.51. The third kappa shape index (κ3) is 7.50. The summed E-state index contributed by atoms with van der Waals surface area (Å²) >= 11 is 0. The van der Waals surface area contributed by atoms with Crippen LogP contribution in [0.5, 0.6) is 5.75 Å². The normalized spacial score (nSPS) is 13.9. The fourth-order valence-electron chi connectivity index (χ4n) is 2.13. The molecular formula is C21H25NO3. The molecule has 0 aromatic heterocycles. The molecule has 4 heteroatoms. The fourth-order valence-corrected chi connectivity index (χ4v) is 2.13. The van der Waals surface area contributed by atoms with Crippen LogP contribution >= 0.6 is 0 Å². The molecule has 1 aromatic carbocycles. The van der Waals surface area contributed by atoms with Gasteiger partial charge in [-0.2, -0.15) is 0 Å². The highest BCUT2D eigenvalue weighted by Crippen LogP contribution is 2.21. The van der Waals surface area contributed by atoms with E-state index in [-0.39, 0.29) is 6.10 Å². The lowest BCUT2D eigenvalue weighted by atomic mass is 10.1. The Morgan fingerprint density at radius 2 is 1.96 bits per heavy atom. The molecule has 0 radical (unpaired) electrons. The molecule has 0 aliphatic carbocycles. The van der Waals surface area contributed by atoms with Crippen molar-refractivity contribution in [2.75, 3.05) is 0 Å². The monoisotopic (exact) mass is 339 g/mol. The molecule has 132 valence electrons. The second-order valence-corrected chi connectivity index (χ2v) is 5.42. The molecule has 0 aliphatic rings. The molecule has 0 heterocycles. The van der Waals surface area contributed by atoms with E-state index in [2.05, 4.69) is 6.58 Å². The predicted molar refractivity (Wildman–Crippen MR) is 102 cm³/mol. The molecule has 1 amide bonds. The van der Waals surface area contributed by atoms with E-state index < -0.39 is 5.91 Å². The predicted octanol–water partition coefficient (Wildman–Crippen LogP) is 4.61. The Balaban J connectivity index is 2.75. The van der Waals surface area contributed by atoms with Gasteiger partial charge in [-0.25, -0.2) is 5.48 Å². The Labute approximate surface area is 149 Å². The van der Waals surface area contributed by atoms with Gasteiger partial charge in [-0.05, 0) is 50.1 Å². The Morgan fingerprint density at radius 1 is 1.28 bits per heavy atom. The molecule has 1 rings (SSSR count). The van der Waals surface area contributed by atoms with Crippen molar-refractivity contribution < 1.29 is 14.7 Å². The summed E-state index contributed by atoms with van der Waals surface area (Å²) in [6.07, 6.45) is 12.3. The number of benzene rings is 1. The summed E-state index contributed by atoms with van der Waals surface area (Å²) < 4.78 is 5.85. The van der Waals surface area contributed by atoms with Crippen LogP contribution in [0.2, 0.25) is 0 Å². The second-order valence-electron chi connectivity index (χ2n) is 5.42. The van der Waals surface area contributed by atoms with Gasteiger partial charge in [0.1, 0.15) is 11.9 Å². The van der Waals surface area contributed by atoms with Gasteiger partial charge in [0, 0.05) is 6.08 Å². The average molecular weight is 339 g/mol. The van der Waals surface area contributed by atoms with E-state index in [1.54, 1.807) is 11.6 Å². The number of rotatable bonds is 8. The first-order chi connectivity index (χ1) is 12.0. The molecular weight excluding hydrogens is 314 g/mol. The first-order valence-electron chi connectivity index (χ1n) is 8.03. The number of hydrogen-bond donors (Lipinski definition) is 2. The van der Waals surface area contributed by atoms with E-state index in [9.17, 15) is 4.79 Å². The van der Waals surface area contributed by atoms with Gasteiger partial charge in [0.15, 0.2) is 0 Å². The summed E-state index contributed by atoms with van der Waals surface area (Å²) in [5.74, 6) is 0.188. The van der Waals surface area contributed by atoms with Crippen LogP contribution in [0.3, 0.4) is 0 Å². The Bertz CT molecular complexity index is 694. The largest absolute Gasteiger partial charge is 0.487 e. The minimum absolute atomic E-state index is 0.162. The number of ether oxygens (including phenoxy) is 1. The maximum atomic E-state index is 10.9. The van der Waals surface area contributed by atoms with Crippen LogP contribution in [0.4, 0.5) is 0 Å². The molecule has 1 atom stereocenters. The van der Waals surface area contributed by atoms with Crippen molar-refractivity contribution in [1.29, 1.82) is 0 Å². The van der Waals surface area contributed by atoms with Crippen LogP contribution < -0.4 is 10.2 Å². The molecule has 1 aromatic rings. The van der Waals surface area contributed by atoms with Crippen LogP contribution in [0, 0.1) is 0 Å².